The average Bonchev–Trinajstić information content (AvgIpc) is 3.17. The number of nitrogens with one attached hydrogen (secondary N) is 2. The molecule has 0 saturated carbocycles. The smallest absolute Gasteiger partial charge is 0.426 e. The molecule has 162 valence electrons. The lowest BCUT2D eigenvalue weighted by Gasteiger charge is -2.07. The van der Waals surface area contributed by atoms with Crippen LogP contribution in [-0.2, 0) is 20.9 Å². The molecular weight excluding hydrogens is 436 g/mol. The van der Waals surface area contributed by atoms with Crippen LogP contribution in [0.25, 0.3) is 10.2 Å². The van der Waals surface area contributed by atoms with Gasteiger partial charge in [-0.2, -0.15) is 0 Å². The van der Waals surface area contributed by atoms with Crippen molar-refractivity contribution in [2.24, 2.45) is 0 Å². The highest BCUT2D eigenvalue weighted by Crippen LogP contribution is 2.30. The van der Waals surface area contributed by atoms with Crippen LogP contribution in [0.3, 0.4) is 0 Å². The van der Waals surface area contributed by atoms with Crippen LogP contribution >= 0.6 is 23.1 Å². The van der Waals surface area contributed by atoms with E-state index in [9.17, 15) is 9.59 Å². The molecule has 31 heavy (non-hydrogen) atoms. The lowest BCUT2D eigenvalue weighted by Crippen LogP contribution is -2.42. The Kier molecular flexibility index (Phi) is 8.83. The lowest BCUT2D eigenvalue weighted by molar-refractivity contribution is -0.119. The molecule has 3 aromatic rings. The van der Waals surface area contributed by atoms with Crippen LogP contribution in [-0.4, -0.2) is 40.9 Å². The fourth-order valence-electron chi connectivity index (χ4n) is 2.46. The molecule has 2 heterocycles. The van der Waals surface area contributed by atoms with E-state index < -0.39 is 6.09 Å². The fourth-order valence-corrected chi connectivity index (χ4v) is 4.35. The highest BCUT2D eigenvalue weighted by atomic mass is 32.2. The number of benzene rings is 1. The molecule has 0 spiro atoms. The first kappa shape index (κ1) is 22.7. The Labute approximate surface area is 188 Å². The number of fused-ring (bicyclic) bond motifs is 1. The Morgan fingerprint density at radius 2 is 1.94 bits per heavy atom. The average molecular weight is 459 g/mol. The van der Waals surface area contributed by atoms with E-state index in [2.05, 4.69) is 20.8 Å². The Bertz CT molecular complexity index is 1040. The number of aryl methyl sites for hydroxylation is 1. The zero-order valence-corrected chi connectivity index (χ0v) is 18.5. The second-order valence-corrected chi connectivity index (χ2v) is 8.15. The molecule has 1 aromatic carbocycles. The molecular formula is C21H22N4O4S2. The van der Waals surface area contributed by atoms with Crippen molar-refractivity contribution in [3.05, 3.63) is 65.3 Å². The fraction of sp³-hybridized carbons (Fsp3) is 0.238. The summed E-state index contributed by atoms with van der Waals surface area (Å²) in [5, 5.41) is 2.74. The number of hydrazine groups is 1. The number of ether oxygens (including phenoxy) is 2. The van der Waals surface area contributed by atoms with Gasteiger partial charge in [-0.1, -0.05) is 48.2 Å². The first-order chi connectivity index (χ1) is 15.1. The minimum absolute atomic E-state index is 0.0712. The number of nitrogens with zero attached hydrogens (tertiary/aromatic N) is 2. The highest BCUT2D eigenvalue weighted by Gasteiger charge is 2.11. The summed E-state index contributed by atoms with van der Waals surface area (Å²) >= 11 is 2.82. The number of carbonyl (C=O) groups is 2. The zero-order chi connectivity index (χ0) is 21.9. The summed E-state index contributed by atoms with van der Waals surface area (Å²) in [4.78, 5) is 32.1. The van der Waals surface area contributed by atoms with E-state index >= 15 is 0 Å². The standard InChI is InChI=1S/C21H22N4O4S2/c1-15-12-30-19-18(15)22-14-23-20(19)31-13-17(26)24-25-21(27)29-10-6-5-9-28-11-16-7-3-2-4-8-16/h2-8,12,14H,9-11,13H2,1H3,(H,24,26)(H,25,27)/b6-5+. The number of amides is 2. The van der Waals surface area contributed by atoms with Gasteiger partial charge in [-0.15, -0.1) is 11.3 Å². The maximum atomic E-state index is 12.0. The van der Waals surface area contributed by atoms with Crippen molar-refractivity contribution < 1.29 is 19.1 Å². The van der Waals surface area contributed by atoms with Crippen LogP contribution in [0, 0.1) is 6.92 Å². The maximum absolute atomic E-state index is 12.0. The van der Waals surface area contributed by atoms with Crippen LogP contribution < -0.4 is 10.9 Å². The van der Waals surface area contributed by atoms with Crippen molar-refractivity contribution in [3.8, 4) is 0 Å². The van der Waals surface area contributed by atoms with Gasteiger partial charge in [-0.05, 0) is 29.5 Å². The van der Waals surface area contributed by atoms with Crippen molar-refractivity contribution in [1.82, 2.24) is 20.8 Å². The maximum Gasteiger partial charge on any atom is 0.426 e. The number of rotatable bonds is 9. The quantitative estimate of drug-likeness (QED) is 0.166. The van der Waals surface area contributed by atoms with Crippen molar-refractivity contribution in [2.75, 3.05) is 19.0 Å². The van der Waals surface area contributed by atoms with Gasteiger partial charge in [0.25, 0.3) is 0 Å². The van der Waals surface area contributed by atoms with Gasteiger partial charge < -0.3 is 9.47 Å². The van der Waals surface area contributed by atoms with Crippen molar-refractivity contribution >= 4 is 45.3 Å². The molecule has 2 N–H and O–H groups in total. The number of thiophene rings is 1. The van der Waals surface area contributed by atoms with Crippen molar-refractivity contribution in [2.45, 2.75) is 18.6 Å². The van der Waals surface area contributed by atoms with Crippen LogP contribution in [0.4, 0.5) is 4.79 Å². The van der Waals surface area contributed by atoms with Gasteiger partial charge in [0.2, 0.25) is 5.91 Å². The van der Waals surface area contributed by atoms with E-state index in [4.69, 9.17) is 9.47 Å². The van der Waals surface area contributed by atoms with Gasteiger partial charge in [0.1, 0.15) is 18.0 Å². The molecule has 2 amide bonds. The van der Waals surface area contributed by atoms with Crippen LogP contribution in [0.2, 0.25) is 0 Å². The zero-order valence-electron chi connectivity index (χ0n) is 16.9. The SMILES string of the molecule is Cc1csc2c(SCC(=O)NNC(=O)OC/C=C/COCc3ccccc3)ncnc12. The van der Waals surface area contributed by atoms with E-state index in [1.54, 1.807) is 23.5 Å². The molecule has 0 bridgehead atoms. The van der Waals surface area contributed by atoms with E-state index in [1.807, 2.05) is 42.6 Å². The number of hydrogen-bond acceptors (Lipinski definition) is 8. The van der Waals surface area contributed by atoms with E-state index in [1.165, 1.54) is 18.1 Å². The number of hydrogen-bond donors (Lipinski definition) is 2. The summed E-state index contributed by atoms with van der Waals surface area (Å²) in [5.74, 6) is -0.269. The monoisotopic (exact) mass is 458 g/mol. The molecule has 10 heteroatoms. The van der Waals surface area contributed by atoms with Gasteiger partial charge in [-0.3, -0.25) is 10.2 Å². The Balaban J connectivity index is 1.27. The third kappa shape index (κ3) is 7.35. The van der Waals surface area contributed by atoms with Gasteiger partial charge >= 0.3 is 6.09 Å². The molecule has 2 aromatic heterocycles. The second-order valence-electron chi connectivity index (χ2n) is 6.31. The number of aromatic nitrogens is 2. The van der Waals surface area contributed by atoms with Crippen LogP contribution in [0.15, 0.2) is 59.2 Å². The normalized spacial score (nSPS) is 11.0. The molecule has 0 aliphatic rings. The summed E-state index contributed by atoms with van der Waals surface area (Å²) in [7, 11) is 0. The molecule has 0 aliphatic heterocycles. The summed E-state index contributed by atoms with van der Waals surface area (Å²) in [6, 6.07) is 9.84. The van der Waals surface area contributed by atoms with Crippen molar-refractivity contribution in [3.63, 3.8) is 0 Å². The molecule has 0 atom stereocenters. The van der Waals surface area contributed by atoms with Gasteiger partial charge in [-0.25, -0.2) is 20.2 Å². The number of carbonyl (C=O) groups excluding carboxylic acids is 2. The Hall–Kier alpha value is -2.95. The van der Waals surface area contributed by atoms with Gasteiger partial charge in [0.15, 0.2) is 0 Å². The molecule has 0 unspecified atom stereocenters. The van der Waals surface area contributed by atoms with Crippen molar-refractivity contribution in [1.29, 1.82) is 0 Å². The second kappa shape index (κ2) is 12.0. The van der Waals surface area contributed by atoms with E-state index in [0.717, 1.165) is 26.4 Å². The van der Waals surface area contributed by atoms with E-state index in [0.29, 0.717) is 13.2 Å². The van der Waals surface area contributed by atoms with Crippen LogP contribution in [0.5, 0.6) is 0 Å². The third-order valence-corrected chi connectivity index (χ3v) is 6.16. The molecule has 0 radical (unpaired) electrons. The van der Waals surface area contributed by atoms with E-state index in [-0.39, 0.29) is 18.3 Å². The Morgan fingerprint density at radius 1 is 1.13 bits per heavy atom. The highest BCUT2D eigenvalue weighted by molar-refractivity contribution is 8.00. The third-order valence-electron chi connectivity index (χ3n) is 3.95. The van der Waals surface area contributed by atoms with Gasteiger partial charge in [0, 0.05) is 0 Å². The molecule has 0 fully saturated rings. The summed E-state index contributed by atoms with van der Waals surface area (Å²) < 4.78 is 11.4. The first-order valence-corrected chi connectivity index (χ1v) is 11.3. The molecule has 8 nitrogen and oxygen atoms in total. The van der Waals surface area contributed by atoms with Gasteiger partial charge in [0.05, 0.1) is 29.2 Å². The molecule has 0 saturated heterocycles. The minimum atomic E-state index is -0.744. The predicted octanol–water partition coefficient (Wildman–Crippen LogP) is 3.62. The largest absolute Gasteiger partial charge is 0.444 e. The summed E-state index contributed by atoms with van der Waals surface area (Å²) in [6.07, 6.45) is 4.18. The lowest BCUT2D eigenvalue weighted by atomic mass is 10.2. The Morgan fingerprint density at radius 3 is 2.77 bits per heavy atom. The molecule has 3 rings (SSSR count). The number of thioether (sulfide) groups is 1. The summed E-state index contributed by atoms with van der Waals surface area (Å²) in [5.41, 5.74) is 7.59. The predicted molar refractivity (Wildman–Crippen MR) is 121 cm³/mol. The topological polar surface area (TPSA) is 102 Å². The van der Waals surface area contributed by atoms with Crippen LogP contribution in [0.1, 0.15) is 11.1 Å². The minimum Gasteiger partial charge on any atom is -0.444 e. The molecule has 0 aliphatic carbocycles. The summed E-state index contributed by atoms with van der Waals surface area (Å²) in [6.45, 7) is 2.98. The first-order valence-electron chi connectivity index (χ1n) is 9.43.